The van der Waals surface area contributed by atoms with Crippen LogP contribution >= 0.6 is 0 Å². The van der Waals surface area contributed by atoms with Gasteiger partial charge in [-0.1, -0.05) is 6.07 Å². The van der Waals surface area contributed by atoms with Crippen LogP contribution in [-0.2, 0) is 20.1 Å². The Kier molecular flexibility index (Phi) is 3.75. The number of nitrogens with one attached hydrogen (secondary N) is 1. The van der Waals surface area contributed by atoms with Gasteiger partial charge < -0.3 is 5.32 Å². The van der Waals surface area contributed by atoms with Crippen molar-refractivity contribution in [1.29, 1.82) is 5.26 Å². The van der Waals surface area contributed by atoms with Gasteiger partial charge in [-0.3, -0.25) is 4.68 Å². The third-order valence-corrected chi connectivity index (χ3v) is 3.02. The molecule has 1 N–H and O–H groups in total. The molecule has 0 atom stereocenters. The lowest BCUT2D eigenvalue weighted by molar-refractivity contribution is 0.625. The van der Waals surface area contributed by atoms with E-state index in [-0.39, 0.29) is 0 Å². The number of nitrogens with zero attached hydrogens (tertiary/aromatic N) is 3. The minimum Gasteiger partial charge on any atom is -0.307 e. The number of benzene rings is 1. The van der Waals surface area contributed by atoms with Gasteiger partial charge in [-0.05, 0) is 36.2 Å². The monoisotopic (exact) mass is 240 g/mol. The van der Waals surface area contributed by atoms with Gasteiger partial charge in [0.25, 0.3) is 0 Å². The highest BCUT2D eigenvalue weighted by Crippen LogP contribution is 2.10. The Labute approximate surface area is 107 Å². The molecule has 4 heteroatoms. The first kappa shape index (κ1) is 12.3. The predicted octanol–water partition coefficient (Wildman–Crippen LogP) is 1.89. The highest BCUT2D eigenvalue weighted by Gasteiger charge is 2.01. The SMILES string of the molecule is Cc1cc(C#N)ccc1CNCc1ccnn1C. The van der Waals surface area contributed by atoms with E-state index in [1.54, 1.807) is 6.20 Å². The Morgan fingerprint density at radius 2 is 2.17 bits per heavy atom. The van der Waals surface area contributed by atoms with E-state index in [1.807, 2.05) is 42.9 Å². The fourth-order valence-electron chi connectivity index (χ4n) is 1.86. The summed E-state index contributed by atoms with van der Waals surface area (Å²) in [5, 5.41) is 16.3. The first-order chi connectivity index (χ1) is 8.70. The van der Waals surface area contributed by atoms with Crippen molar-refractivity contribution in [3.63, 3.8) is 0 Å². The zero-order chi connectivity index (χ0) is 13.0. The molecule has 0 aliphatic rings. The molecule has 1 aromatic carbocycles. The van der Waals surface area contributed by atoms with Crippen LogP contribution in [-0.4, -0.2) is 9.78 Å². The fourth-order valence-corrected chi connectivity index (χ4v) is 1.86. The van der Waals surface area contributed by atoms with Crippen LogP contribution in [0.2, 0.25) is 0 Å². The van der Waals surface area contributed by atoms with E-state index < -0.39 is 0 Å². The summed E-state index contributed by atoms with van der Waals surface area (Å²) in [7, 11) is 1.93. The summed E-state index contributed by atoms with van der Waals surface area (Å²) in [5.41, 5.74) is 4.23. The van der Waals surface area contributed by atoms with Gasteiger partial charge in [0.2, 0.25) is 0 Å². The Hall–Kier alpha value is -2.12. The topological polar surface area (TPSA) is 53.6 Å². The van der Waals surface area contributed by atoms with E-state index in [1.165, 1.54) is 5.56 Å². The molecule has 0 saturated carbocycles. The number of hydrogen-bond acceptors (Lipinski definition) is 3. The molecule has 0 spiro atoms. The van der Waals surface area contributed by atoms with Crippen molar-refractivity contribution < 1.29 is 0 Å². The molecular weight excluding hydrogens is 224 g/mol. The summed E-state index contributed by atoms with van der Waals surface area (Å²) in [5.74, 6) is 0. The van der Waals surface area contributed by atoms with Crippen LogP contribution in [0.3, 0.4) is 0 Å². The minimum absolute atomic E-state index is 0.711. The van der Waals surface area contributed by atoms with Gasteiger partial charge in [0, 0.05) is 26.3 Å². The second-order valence-corrected chi connectivity index (χ2v) is 4.30. The van der Waals surface area contributed by atoms with Crippen molar-refractivity contribution in [2.45, 2.75) is 20.0 Å². The van der Waals surface area contributed by atoms with Gasteiger partial charge in [-0.25, -0.2) is 0 Å². The van der Waals surface area contributed by atoms with Gasteiger partial charge in [0.05, 0.1) is 17.3 Å². The van der Waals surface area contributed by atoms with Crippen LogP contribution in [0.25, 0.3) is 0 Å². The van der Waals surface area contributed by atoms with Crippen molar-refractivity contribution in [1.82, 2.24) is 15.1 Å². The average Bonchev–Trinajstić information content (AvgIpc) is 2.77. The van der Waals surface area contributed by atoms with E-state index in [4.69, 9.17) is 5.26 Å². The third kappa shape index (κ3) is 2.76. The summed E-state index contributed by atoms with van der Waals surface area (Å²) in [4.78, 5) is 0. The summed E-state index contributed by atoms with van der Waals surface area (Å²) >= 11 is 0. The average molecular weight is 240 g/mol. The molecule has 18 heavy (non-hydrogen) atoms. The number of nitriles is 1. The first-order valence-corrected chi connectivity index (χ1v) is 5.88. The van der Waals surface area contributed by atoms with Crippen molar-refractivity contribution in [3.05, 3.63) is 52.8 Å². The molecule has 0 unspecified atom stereocenters. The van der Waals surface area contributed by atoms with Gasteiger partial charge in [-0.15, -0.1) is 0 Å². The van der Waals surface area contributed by atoms with Crippen LogP contribution in [0.15, 0.2) is 30.5 Å². The molecular formula is C14H16N4. The zero-order valence-electron chi connectivity index (χ0n) is 10.6. The molecule has 0 radical (unpaired) electrons. The Bertz CT molecular complexity index is 578. The van der Waals surface area contributed by atoms with Crippen LogP contribution in [0.1, 0.15) is 22.4 Å². The lowest BCUT2D eigenvalue weighted by atomic mass is 10.1. The molecule has 0 fully saturated rings. The summed E-state index contributed by atoms with van der Waals surface area (Å²) in [6.45, 7) is 3.61. The van der Waals surface area contributed by atoms with Crippen molar-refractivity contribution in [2.24, 2.45) is 7.05 Å². The molecule has 2 rings (SSSR count). The normalized spacial score (nSPS) is 10.3. The van der Waals surface area contributed by atoms with Crippen molar-refractivity contribution in [2.75, 3.05) is 0 Å². The standard InChI is InChI=1S/C14H16N4/c1-11-7-12(8-15)3-4-13(11)9-16-10-14-5-6-17-18(14)2/h3-7,16H,9-10H2,1-2H3. The van der Waals surface area contributed by atoms with E-state index in [0.717, 1.165) is 24.3 Å². The Morgan fingerprint density at radius 1 is 1.33 bits per heavy atom. The number of hydrogen-bond donors (Lipinski definition) is 1. The summed E-state index contributed by atoms with van der Waals surface area (Å²) in [6.07, 6.45) is 1.80. The first-order valence-electron chi connectivity index (χ1n) is 5.88. The molecule has 0 aliphatic heterocycles. The van der Waals surface area contributed by atoms with Crippen molar-refractivity contribution in [3.8, 4) is 6.07 Å². The highest BCUT2D eigenvalue weighted by atomic mass is 15.3. The van der Waals surface area contributed by atoms with E-state index in [0.29, 0.717) is 5.56 Å². The van der Waals surface area contributed by atoms with Crippen LogP contribution in [0.5, 0.6) is 0 Å². The molecule has 4 nitrogen and oxygen atoms in total. The largest absolute Gasteiger partial charge is 0.307 e. The Morgan fingerprint density at radius 3 is 2.78 bits per heavy atom. The van der Waals surface area contributed by atoms with Crippen LogP contribution in [0, 0.1) is 18.3 Å². The maximum atomic E-state index is 8.81. The third-order valence-electron chi connectivity index (χ3n) is 3.02. The molecule has 0 aliphatic carbocycles. The number of aryl methyl sites for hydroxylation is 2. The molecule has 0 saturated heterocycles. The maximum absolute atomic E-state index is 8.81. The minimum atomic E-state index is 0.711. The molecule has 0 amide bonds. The summed E-state index contributed by atoms with van der Waals surface area (Å²) < 4.78 is 1.86. The van der Waals surface area contributed by atoms with E-state index in [9.17, 15) is 0 Å². The van der Waals surface area contributed by atoms with Gasteiger partial charge in [0.1, 0.15) is 0 Å². The van der Waals surface area contributed by atoms with Gasteiger partial charge in [0.15, 0.2) is 0 Å². The van der Waals surface area contributed by atoms with E-state index in [2.05, 4.69) is 16.5 Å². The highest BCUT2D eigenvalue weighted by molar-refractivity contribution is 5.37. The molecule has 2 aromatic rings. The number of aromatic nitrogens is 2. The predicted molar refractivity (Wildman–Crippen MR) is 69.6 cm³/mol. The number of rotatable bonds is 4. The van der Waals surface area contributed by atoms with E-state index >= 15 is 0 Å². The maximum Gasteiger partial charge on any atom is 0.0991 e. The van der Waals surface area contributed by atoms with Gasteiger partial charge >= 0.3 is 0 Å². The lowest BCUT2D eigenvalue weighted by Crippen LogP contribution is -2.15. The fraction of sp³-hybridized carbons (Fsp3) is 0.286. The molecule has 92 valence electrons. The zero-order valence-corrected chi connectivity index (χ0v) is 10.6. The molecule has 0 bridgehead atoms. The smallest absolute Gasteiger partial charge is 0.0991 e. The Balaban J connectivity index is 1.95. The second-order valence-electron chi connectivity index (χ2n) is 4.30. The lowest BCUT2D eigenvalue weighted by Gasteiger charge is -2.08. The van der Waals surface area contributed by atoms with Crippen molar-refractivity contribution >= 4 is 0 Å². The van der Waals surface area contributed by atoms with Crippen LogP contribution < -0.4 is 5.32 Å². The molecule has 1 heterocycles. The second kappa shape index (κ2) is 5.48. The summed E-state index contributed by atoms with van der Waals surface area (Å²) in [6, 6.07) is 9.92. The quantitative estimate of drug-likeness (QED) is 0.888. The molecule has 1 aromatic heterocycles. The van der Waals surface area contributed by atoms with Gasteiger partial charge in [-0.2, -0.15) is 10.4 Å². The van der Waals surface area contributed by atoms with Crippen LogP contribution in [0.4, 0.5) is 0 Å².